The van der Waals surface area contributed by atoms with Crippen LogP contribution < -0.4 is 0 Å². The fourth-order valence-electron chi connectivity index (χ4n) is 1.52. The smallest absolute Gasteiger partial charge is 0.319 e. The van der Waals surface area contributed by atoms with Gasteiger partial charge in [0.25, 0.3) is 0 Å². The Morgan fingerprint density at radius 2 is 1.13 bits per heavy atom. The van der Waals surface area contributed by atoms with Crippen LogP contribution in [-0.4, -0.2) is 42.8 Å². The highest BCUT2D eigenvalue weighted by atomic mass is 19.4. The quantitative estimate of drug-likeness (QED) is 0.506. The van der Waals surface area contributed by atoms with Crippen LogP contribution >= 0.6 is 0 Å². The first-order valence-corrected chi connectivity index (χ1v) is 4.93. The molecule has 0 fully saturated rings. The summed E-state index contributed by atoms with van der Waals surface area (Å²) in [6.45, 7) is 4.54. The molecule has 0 N–H and O–H groups in total. The summed E-state index contributed by atoms with van der Waals surface area (Å²) in [5.41, 5.74) is 0. The third-order valence-electron chi connectivity index (χ3n) is 2.96. The number of nitrogens with zero attached hydrogens (tertiary/aromatic N) is 1. The van der Waals surface area contributed by atoms with Crippen LogP contribution in [0.2, 0.25) is 0 Å². The Balaban J connectivity index is 4.82. The lowest BCUT2D eigenvalue weighted by molar-refractivity contribution is -0.932. The maximum Gasteiger partial charge on any atom is 0.459 e. The first kappa shape index (κ1) is 14.6. The average molecular weight is 234 g/mol. The summed E-state index contributed by atoms with van der Waals surface area (Å²) in [5.74, 6) is -4.60. The van der Waals surface area contributed by atoms with Crippen LogP contribution in [0.3, 0.4) is 0 Å². The van der Waals surface area contributed by atoms with Crippen LogP contribution in [0.15, 0.2) is 0 Å². The summed E-state index contributed by atoms with van der Waals surface area (Å²) in [6, 6.07) is 0. The van der Waals surface area contributed by atoms with E-state index in [9.17, 15) is 22.0 Å². The minimum Gasteiger partial charge on any atom is -0.319 e. The minimum atomic E-state index is -5.45. The Kier molecular flexibility index (Phi) is 4.51. The number of quaternary nitrogens is 1. The molecule has 0 aromatic rings. The molecule has 0 amide bonds. The number of halogens is 5. The zero-order chi connectivity index (χ0) is 12.3. The van der Waals surface area contributed by atoms with Gasteiger partial charge >= 0.3 is 12.1 Å². The van der Waals surface area contributed by atoms with Crippen LogP contribution in [0.25, 0.3) is 0 Å². The molecule has 0 saturated carbocycles. The van der Waals surface area contributed by atoms with Crippen LogP contribution in [0.4, 0.5) is 22.0 Å². The molecule has 0 heterocycles. The summed E-state index contributed by atoms with van der Waals surface area (Å²) >= 11 is 0. The lowest BCUT2D eigenvalue weighted by Gasteiger charge is -2.38. The molecular weight excluding hydrogens is 217 g/mol. The number of hydrogen-bond acceptors (Lipinski definition) is 0. The second-order valence-electron chi connectivity index (χ2n) is 3.65. The van der Waals surface area contributed by atoms with Crippen molar-refractivity contribution in [3.8, 4) is 0 Å². The SMILES string of the molecule is CC[N+](CC)(CC)CC(F)(F)C(F)(F)F. The van der Waals surface area contributed by atoms with Gasteiger partial charge in [-0.25, -0.2) is 0 Å². The maximum absolute atomic E-state index is 12.8. The van der Waals surface area contributed by atoms with E-state index in [2.05, 4.69) is 0 Å². The Bertz CT molecular complexity index is 187. The van der Waals surface area contributed by atoms with Crippen molar-refractivity contribution in [1.29, 1.82) is 0 Å². The molecule has 0 spiro atoms. The molecule has 0 aromatic heterocycles. The third kappa shape index (κ3) is 3.29. The molecule has 0 bridgehead atoms. The van der Waals surface area contributed by atoms with Gasteiger partial charge in [-0.05, 0) is 20.8 Å². The maximum atomic E-state index is 12.8. The number of alkyl halides is 5. The lowest BCUT2D eigenvalue weighted by Crippen LogP contribution is -2.58. The highest BCUT2D eigenvalue weighted by Crippen LogP contribution is 2.37. The van der Waals surface area contributed by atoms with Crippen molar-refractivity contribution in [2.45, 2.75) is 32.9 Å². The average Bonchev–Trinajstić information content (AvgIpc) is 2.12. The van der Waals surface area contributed by atoms with E-state index in [1.807, 2.05) is 0 Å². The summed E-state index contributed by atoms with van der Waals surface area (Å²) < 4.78 is 61.5. The normalized spacial score (nSPS) is 14.4. The van der Waals surface area contributed by atoms with Gasteiger partial charge in [-0.1, -0.05) is 0 Å². The zero-order valence-corrected chi connectivity index (χ0v) is 9.17. The van der Waals surface area contributed by atoms with Gasteiger partial charge in [-0.3, -0.25) is 0 Å². The summed E-state index contributed by atoms with van der Waals surface area (Å²) in [7, 11) is 0. The van der Waals surface area contributed by atoms with E-state index in [4.69, 9.17) is 0 Å². The van der Waals surface area contributed by atoms with Gasteiger partial charge < -0.3 is 4.48 Å². The molecule has 0 unspecified atom stereocenters. The minimum absolute atomic E-state index is 0.216. The van der Waals surface area contributed by atoms with E-state index >= 15 is 0 Å². The van der Waals surface area contributed by atoms with Crippen molar-refractivity contribution < 1.29 is 26.4 Å². The molecule has 0 radical (unpaired) electrons. The Labute approximate surface area is 86.5 Å². The van der Waals surface area contributed by atoms with Gasteiger partial charge in [-0.2, -0.15) is 22.0 Å². The van der Waals surface area contributed by atoms with E-state index in [1.165, 1.54) is 0 Å². The molecule has 92 valence electrons. The molecule has 0 aliphatic rings. The van der Waals surface area contributed by atoms with E-state index in [0.717, 1.165) is 0 Å². The van der Waals surface area contributed by atoms with E-state index < -0.39 is 18.6 Å². The van der Waals surface area contributed by atoms with E-state index in [-0.39, 0.29) is 24.1 Å². The monoisotopic (exact) mass is 234 g/mol. The first-order valence-electron chi connectivity index (χ1n) is 4.93. The summed E-state index contributed by atoms with van der Waals surface area (Å²) in [4.78, 5) is 0. The summed E-state index contributed by atoms with van der Waals surface area (Å²) in [6.07, 6.45) is -5.45. The molecule has 6 heteroatoms. The molecule has 0 aromatic carbocycles. The van der Waals surface area contributed by atoms with E-state index in [0.29, 0.717) is 0 Å². The predicted molar refractivity (Wildman–Crippen MR) is 47.8 cm³/mol. The van der Waals surface area contributed by atoms with Crippen LogP contribution in [0, 0.1) is 0 Å². The standard InChI is InChI=1S/C9H17F5N/c1-4-15(5-2,6-3)7-8(10,11)9(12,13)14/h4-7H2,1-3H3/q+1. The van der Waals surface area contributed by atoms with Crippen LogP contribution in [0.1, 0.15) is 20.8 Å². The van der Waals surface area contributed by atoms with Crippen LogP contribution in [0.5, 0.6) is 0 Å². The molecular formula is C9H17F5N+. The number of hydrogen-bond donors (Lipinski definition) is 0. The van der Waals surface area contributed by atoms with Gasteiger partial charge in [0.15, 0.2) is 6.54 Å². The first-order chi connectivity index (χ1) is 6.64. The van der Waals surface area contributed by atoms with Crippen molar-refractivity contribution in [1.82, 2.24) is 0 Å². The summed E-state index contributed by atoms with van der Waals surface area (Å²) in [5, 5.41) is 0. The Hall–Kier alpha value is -0.390. The molecule has 0 rings (SSSR count). The Morgan fingerprint density at radius 3 is 1.33 bits per heavy atom. The highest BCUT2D eigenvalue weighted by Gasteiger charge is 2.61. The largest absolute Gasteiger partial charge is 0.459 e. The van der Waals surface area contributed by atoms with Gasteiger partial charge in [-0.15, -0.1) is 0 Å². The topological polar surface area (TPSA) is 0 Å². The second-order valence-corrected chi connectivity index (χ2v) is 3.65. The molecule has 15 heavy (non-hydrogen) atoms. The van der Waals surface area contributed by atoms with Gasteiger partial charge in [0.2, 0.25) is 0 Å². The molecule has 0 aliphatic heterocycles. The van der Waals surface area contributed by atoms with Gasteiger partial charge in [0.1, 0.15) is 0 Å². The van der Waals surface area contributed by atoms with Crippen molar-refractivity contribution >= 4 is 0 Å². The van der Waals surface area contributed by atoms with Crippen molar-refractivity contribution in [3.63, 3.8) is 0 Å². The molecule has 0 aliphatic carbocycles. The molecule has 1 nitrogen and oxygen atoms in total. The Morgan fingerprint density at radius 1 is 0.800 bits per heavy atom. The zero-order valence-electron chi connectivity index (χ0n) is 9.17. The fraction of sp³-hybridized carbons (Fsp3) is 1.00. The second kappa shape index (κ2) is 4.63. The van der Waals surface area contributed by atoms with Gasteiger partial charge in [0, 0.05) is 0 Å². The predicted octanol–water partition coefficient (Wildman–Crippen LogP) is 3.06. The molecule has 0 atom stereocenters. The van der Waals surface area contributed by atoms with E-state index in [1.54, 1.807) is 20.8 Å². The van der Waals surface area contributed by atoms with Crippen molar-refractivity contribution in [2.24, 2.45) is 0 Å². The van der Waals surface area contributed by atoms with Crippen LogP contribution in [-0.2, 0) is 0 Å². The van der Waals surface area contributed by atoms with Crippen molar-refractivity contribution in [3.05, 3.63) is 0 Å². The van der Waals surface area contributed by atoms with Crippen molar-refractivity contribution in [2.75, 3.05) is 26.2 Å². The third-order valence-corrected chi connectivity index (χ3v) is 2.96. The van der Waals surface area contributed by atoms with Gasteiger partial charge in [0.05, 0.1) is 19.6 Å². The highest BCUT2D eigenvalue weighted by molar-refractivity contribution is 4.75. The number of rotatable bonds is 5. The molecule has 0 saturated heterocycles. The lowest BCUT2D eigenvalue weighted by atomic mass is 10.2. The fourth-order valence-corrected chi connectivity index (χ4v) is 1.52.